The molecule has 3 N–H and O–H groups in total. The third kappa shape index (κ3) is 2.12. The molecule has 0 saturated heterocycles. The van der Waals surface area contributed by atoms with E-state index in [1.54, 1.807) is 24.5 Å². The van der Waals surface area contributed by atoms with Crippen molar-refractivity contribution in [1.29, 1.82) is 0 Å². The lowest BCUT2D eigenvalue weighted by molar-refractivity contribution is 0.103. The summed E-state index contributed by atoms with van der Waals surface area (Å²) in [6.07, 6.45) is 6.48. The maximum atomic E-state index is 12.4. The predicted octanol–water partition coefficient (Wildman–Crippen LogP) is 3.01. The third-order valence-corrected chi connectivity index (χ3v) is 5.01. The lowest BCUT2D eigenvalue weighted by atomic mass is 10.1. The van der Waals surface area contributed by atoms with E-state index in [0.717, 1.165) is 35.2 Å². The predicted molar refractivity (Wildman–Crippen MR) is 88.2 cm³/mol. The molecule has 5 nitrogen and oxygen atoms in total. The molecule has 0 aliphatic heterocycles. The van der Waals surface area contributed by atoms with E-state index in [1.807, 2.05) is 0 Å². The molecule has 110 valence electrons. The van der Waals surface area contributed by atoms with Gasteiger partial charge < -0.3 is 11.1 Å². The molecular weight excluding hydrogens is 296 g/mol. The molecule has 6 heteroatoms. The fourth-order valence-electron chi connectivity index (χ4n) is 2.79. The first kappa shape index (κ1) is 13.2. The van der Waals surface area contributed by atoms with Crippen molar-refractivity contribution >= 4 is 38.8 Å². The second-order valence-electron chi connectivity index (χ2n) is 5.34. The number of nitrogen functional groups attached to an aromatic ring is 1. The lowest BCUT2D eigenvalue weighted by Gasteiger charge is -2.03. The standard InChI is InChI=1S/C16H14N4OS/c17-13-11-8-9-2-1-3-12(9)20-16(11)22-14(13)15(21)19-10-4-6-18-7-5-10/h4-8H,1-3,17H2,(H,18,19,21). The maximum absolute atomic E-state index is 12.4. The fraction of sp³-hybridized carbons (Fsp3) is 0.188. The number of nitrogens with one attached hydrogen (secondary N) is 1. The molecule has 4 rings (SSSR count). The molecular formula is C16H14N4OS. The SMILES string of the molecule is Nc1c(C(=O)Nc2ccncc2)sc2nc3c(cc12)CCC3. The van der Waals surface area contributed by atoms with E-state index in [9.17, 15) is 4.79 Å². The number of anilines is 2. The number of hydrogen-bond acceptors (Lipinski definition) is 5. The van der Waals surface area contributed by atoms with Crippen molar-refractivity contribution < 1.29 is 4.79 Å². The molecule has 3 aromatic rings. The monoisotopic (exact) mass is 310 g/mol. The molecule has 0 radical (unpaired) electrons. The van der Waals surface area contributed by atoms with Crippen LogP contribution >= 0.6 is 11.3 Å². The van der Waals surface area contributed by atoms with Crippen LogP contribution in [0.1, 0.15) is 27.3 Å². The largest absolute Gasteiger partial charge is 0.397 e. The average Bonchev–Trinajstić information content (AvgIpc) is 3.11. The zero-order valence-electron chi connectivity index (χ0n) is 11.8. The molecule has 0 bridgehead atoms. The molecule has 1 aliphatic carbocycles. The Labute approximate surface area is 131 Å². The molecule has 1 aliphatic rings. The minimum Gasteiger partial charge on any atom is -0.397 e. The van der Waals surface area contributed by atoms with Crippen LogP contribution in [0.5, 0.6) is 0 Å². The van der Waals surface area contributed by atoms with E-state index in [0.29, 0.717) is 16.3 Å². The Bertz CT molecular complexity index is 873. The van der Waals surface area contributed by atoms with E-state index >= 15 is 0 Å². The van der Waals surface area contributed by atoms with Crippen LogP contribution in [0.25, 0.3) is 10.2 Å². The first-order chi connectivity index (χ1) is 10.7. The number of aromatic nitrogens is 2. The van der Waals surface area contributed by atoms with E-state index in [4.69, 9.17) is 5.73 Å². The highest BCUT2D eigenvalue weighted by Crippen LogP contribution is 2.36. The number of nitrogens with zero attached hydrogens (tertiary/aromatic N) is 2. The Hall–Kier alpha value is -2.47. The van der Waals surface area contributed by atoms with Crippen molar-refractivity contribution in [2.45, 2.75) is 19.3 Å². The maximum Gasteiger partial charge on any atom is 0.267 e. The lowest BCUT2D eigenvalue weighted by Crippen LogP contribution is -2.11. The Morgan fingerprint density at radius 2 is 2.09 bits per heavy atom. The number of carbonyl (C=O) groups excluding carboxylic acids is 1. The molecule has 0 fully saturated rings. The second-order valence-corrected chi connectivity index (χ2v) is 6.33. The number of thiophene rings is 1. The Kier molecular flexibility index (Phi) is 3.04. The van der Waals surface area contributed by atoms with Gasteiger partial charge in [0.2, 0.25) is 0 Å². The molecule has 0 saturated carbocycles. The van der Waals surface area contributed by atoms with Gasteiger partial charge >= 0.3 is 0 Å². The van der Waals surface area contributed by atoms with Crippen molar-refractivity contribution in [1.82, 2.24) is 9.97 Å². The van der Waals surface area contributed by atoms with Crippen LogP contribution in [0.3, 0.4) is 0 Å². The van der Waals surface area contributed by atoms with Gasteiger partial charge in [-0.2, -0.15) is 0 Å². The van der Waals surface area contributed by atoms with Crippen molar-refractivity contribution in [3.05, 3.63) is 46.7 Å². The summed E-state index contributed by atoms with van der Waals surface area (Å²) in [7, 11) is 0. The van der Waals surface area contributed by atoms with Crippen LogP contribution in [0.15, 0.2) is 30.6 Å². The van der Waals surface area contributed by atoms with Gasteiger partial charge in [0.1, 0.15) is 9.71 Å². The Morgan fingerprint density at radius 3 is 2.91 bits per heavy atom. The van der Waals surface area contributed by atoms with Crippen molar-refractivity contribution in [3.8, 4) is 0 Å². The van der Waals surface area contributed by atoms with Crippen LogP contribution in [-0.4, -0.2) is 15.9 Å². The summed E-state index contributed by atoms with van der Waals surface area (Å²) < 4.78 is 0. The van der Waals surface area contributed by atoms with Gasteiger partial charge in [-0.05, 0) is 43.0 Å². The molecule has 1 amide bonds. The van der Waals surface area contributed by atoms with Gasteiger partial charge in [-0.1, -0.05) is 0 Å². The van der Waals surface area contributed by atoms with Crippen LogP contribution < -0.4 is 11.1 Å². The number of hydrogen-bond donors (Lipinski definition) is 2. The number of carbonyl (C=O) groups is 1. The number of amides is 1. The van der Waals surface area contributed by atoms with E-state index in [2.05, 4.69) is 21.4 Å². The summed E-state index contributed by atoms with van der Waals surface area (Å²) in [4.78, 5) is 22.4. The van der Waals surface area contributed by atoms with Crippen LogP contribution in [0.2, 0.25) is 0 Å². The van der Waals surface area contributed by atoms with Gasteiger partial charge in [0.25, 0.3) is 5.91 Å². The molecule has 0 atom stereocenters. The first-order valence-electron chi connectivity index (χ1n) is 7.14. The highest BCUT2D eigenvalue weighted by Gasteiger charge is 2.21. The zero-order valence-corrected chi connectivity index (χ0v) is 12.6. The van der Waals surface area contributed by atoms with E-state index in [1.165, 1.54) is 16.9 Å². The number of pyridine rings is 2. The summed E-state index contributed by atoms with van der Waals surface area (Å²) >= 11 is 1.35. The van der Waals surface area contributed by atoms with Gasteiger partial charge in [0.15, 0.2) is 0 Å². The third-order valence-electron chi connectivity index (χ3n) is 3.89. The zero-order chi connectivity index (χ0) is 15.1. The summed E-state index contributed by atoms with van der Waals surface area (Å²) in [6.45, 7) is 0. The van der Waals surface area contributed by atoms with Gasteiger partial charge in [-0.25, -0.2) is 4.98 Å². The summed E-state index contributed by atoms with van der Waals surface area (Å²) in [5.41, 5.74) is 9.82. The number of nitrogens with two attached hydrogens (primary N) is 1. The number of aryl methyl sites for hydroxylation is 2. The highest BCUT2D eigenvalue weighted by atomic mass is 32.1. The topological polar surface area (TPSA) is 80.9 Å². The van der Waals surface area contributed by atoms with Gasteiger partial charge in [-0.15, -0.1) is 11.3 Å². The van der Waals surface area contributed by atoms with Crippen molar-refractivity contribution in [3.63, 3.8) is 0 Å². The first-order valence-corrected chi connectivity index (χ1v) is 7.96. The molecule has 22 heavy (non-hydrogen) atoms. The summed E-state index contributed by atoms with van der Waals surface area (Å²) in [5, 5.41) is 3.73. The summed E-state index contributed by atoms with van der Waals surface area (Å²) in [6, 6.07) is 5.59. The minimum atomic E-state index is -0.202. The Morgan fingerprint density at radius 1 is 1.27 bits per heavy atom. The normalized spacial score (nSPS) is 13.3. The number of fused-ring (bicyclic) bond motifs is 2. The van der Waals surface area contributed by atoms with Gasteiger partial charge in [0.05, 0.1) is 5.69 Å². The van der Waals surface area contributed by atoms with Gasteiger partial charge in [-0.3, -0.25) is 9.78 Å². The van der Waals surface area contributed by atoms with E-state index < -0.39 is 0 Å². The molecule has 3 aromatic heterocycles. The smallest absolute Gasteiger partial charge is 0.267 e. The van der Waals surface area contributed by atoms with Gasteiger partial charge in [0, 0.05) is 29.2 Å². The quantitative estimate of drug-likeness (QED) is 0.762. The molecule has 0 spiro atoms. The number of rotatable bonds is 2. The second kappa shape index (κ2) is 5.06. The fourth-order valence-corrected chi connectivity index (χ4v) is 3.78. The van der Waals surface area contributed by atoms with Crippen LogP contribution in [0, 0.1) is 0 Å². The van der Waals surface area contributed by atoms with Crippen LogP contribution in [-0.2, 0) is 12.8 Å². The molecule has 0 unspecified atom stereocenters. The summed E-state index contributed by atoms with van der Waals surface area (Å²) in [5.74, 6) is -0.202. The average molecular weight is 310 g/mol. The minimum absolute atomic E-state index is 0.202. The van der Waals surface area contributed by atoms with E-state index in [-0.39, 0.29) is 5.91 Å². The van der Waals surface area contributed by atoms with Crippen molar-refractivity contribution in [2.24, 2.45) is 0 Å². The Balaban J connectivity index is 1.73. The molecule has 3 heterocycles. The van der Waals surface area contributed by atoms with Crippen LogP contribution in [0.4, 0.5) is 11.4 Å². The highest BCUT2D eigenvalue weighted by molar-refractivity contribution is 7.21. The molecule has 0 aromatic carbocycles. The van der Waals surface area contributed by atoms with Crippen molar-refractivity contribution in [2.75, 3.05) is 11.1 Å².